The molecule has 5 rings (SSSR count). The predicted molar refractivity (Wildman–Crippen MR) is 137 cm³/mol. The quantitative estimate of drug-likeness (QED) is 0.281. The fourth-order valence-corrected chi connectivity index (χ4v) is 4.92. The fourth-order valence-electron chi connectivity index (χ4n) is 4.92. The van der Waals surface area contributed by atoms with Gasteiger partial charge in [-0.1, -0.05) is 43.7 Å². The summed E-state index contributed by atoms with van der Waals surface area (Å²) in [6.45, 7) is 6.69. The SMILES string of the molecule is CCCCOc1cccc(C2c3c(oc4cc(C)cc(C)c4c3=O)C(=O)N2Cc2ccc(F)cc2)c1. The average molecular weight is 486 g/mol. The lowest BCUT2D eigenvalue weighted by atomic mass is 9.96. The molecule has 3 aromatic carbocycles. The van der Waals surface area contributed by atoms with E-state index in [0.29, 0.717) is 28.9 Å². The number of carbonyl (C=O) groups excluding carboxylic acids is 1. The van der Waals surface area contributed by atoms with Crippen molar-refractivity contribution < 1.29 is 18.3 Å². The summed E-state index contributed by atoms with van der Waals surface area (Å²) in [5.74, 6) is 0.0227. The Bertz CT molecular complexity index is 1510. The van der Waals surface area contributed by atoms with Crippen LogP contribution in [0.5, 0.6) is 5.75 Å². The van der Waals surface area contributed by atoms with Crippen LogP contribution in [0.4, 0.5) is 4.39 Å². The van der Waals surface area contributed by atoms with Crippen molar-refractivity contribution in [1.82, 2.24) is 4.90 Å². The van der Waals surface area contributed by atoms with Gasteiger partial charge in [-0.3, -0.25) is 9.59 Å². The third-order valence-corrected chi connectivity index (χ3v) is 6.62. The van der Waals surface area contributed by atoms with Gasteiger partial charge in [0.25, 0.3) is 5.91 Å². The lowest BCUT2D eigenvalue weighted by Crippen LogP contribution is -2.29. The first kappa shape index (κ1) is 23.8. The molecule has 0 aliphatic carbocycles. The third kappa shape index (κ3) is 4.28. The van der Waals surface area contributed by atoms with Crippen LogP contribution in [0.1, 0.15) is 64.2 Å². The zero-order valence-corrected chi connectivity index (χ0v) is 20.6. The highest BCUT2D eigenvalue weighted by Crippen LogP contribution is 2.40. The highest BCUT2D eigenvalue weighted by molar-refractivity contribution is 5.99. The summed E-state index contributed by atoms with van der Waals surface area (Å²) < 4.78 is 25.6. The molecule has 0 saturated heterocycles. The van der Waals surface area contributed by atoms with E-state index in [1.54, 1.807) is 23.1 Å². The van der Waals surface area contributed by atoms with E-state index in [-0.39, 0.29) is 29.5 Å². The minimum atomic E-state index is -0.659. The molecule has 0 bridgehead atoms. The van der Waals surface area contributed by atoms with Crippen LogP contribution in [-0.2, 0) is 6.54 Å². The Balaban J connectivity index is 1.67. The molecule has 0 radical (unpaired) electrons. The van der Waals surface area contributed by atoms with Crippen molar-refractivity contribution >= 4 is 16.9 Å². The van der Waals surface area contributed by atoms with Crippen LogP contribution in [0.15, 0.2) is 69.9 Å². The van der Waals surface area contributed by atoms with Gasteiger partial charge in [-0.05, 0) is 72.9 Å². The first-order chi connectivity index (χ1) is 17.4. The summed E-state index contributed by atoms with van der Waals surface area (Å²) in [5, 5.41) is 0.483. The van der Waals surface area contributed by atoms with Crippen LogP contribution >= 0.6 is 0 Å². The van der Waals surface area contributed by atoms with Crippen molar-refractivity contribution in [2.24, 2.45) is 0 Å². The monoisotopic (exact) mass is 485 g/mol. The molecule has 1 aromatic heterocycles. The molecule has 184 valence electrons. The number of rotatable bonds is 7. The van der Waals surface area contributed by atoms with E-state index in [2.05, 4.69) is 6.92 Å². The molecule has 1 amide bonds. The Kier molecular flexibility index (Phi) is 6.35. The van der Waals surface area contributed by atoms with Crippen LogP contribution < -0.4 is 10.2 Å². The van der Waals surface area contributed by atoms with Crippen LogP contribution in [0.2, 0.25) is 0 Å². The Morgan fingerprint density at radius 1 is 1.03 bits per heavy atom. The number of hydrogen-bond acceptors (Lipinski definition) is 4. The third-order valence-electron chi connectivity index (χ3n) is 6.62. The predicted octanol–water partition coefficient (Wildman–Crippen LogP) is 6.47. The number of hydrogen-bond donors (Lipinski definition) is 0. The highest BCUT2D eigenvalue weighted by atomic mass is 19.1. The van der Waals surface area contributed by atoms with Gasteiger partial charge < -0.3 is 14.1 Å². The topological polar surface area (TPSA) is 59.8 Å². The molecule has 2 heterocycles. The zero-order chi connectivity index (χ0) is 25.4. The lowest BCUT2D eigenvalue weighted by molar-refractivity contribution is 0.0714. The molecule has 5 nitrogen and oxygen atoms in total. The normalized spacial score (nSPS) is 14.9. The molecule has 4 aromatic rings. The average Bonchev–Trinajstić information content (AvgIpc) is 3.12. The van der Waals surface area contributed by atoms with Gasteiger partial charge >= 0.3 is 0 Å². The van der Waals surface area contributed by atoms with Gasteiger partial charge in [0.15, 0.2) is 5.43 Å². The Morgan fingerprint density at radius 2 is 1.81 bits per heavy atom. The summed E-state index contributed by atoms with van der Waals surface area (Å²) in [4.78, 5) is 29.2. The van der Waals surface area contributed by atoms with Gasteiger partial charge in [-0.25, -0.2) is 4.39 Å². The summed E-state index contributed by atoms with van der Waals surface area (Å²) in [6, 6.07) is 16.6. The van der Waals surface area contributed by atoms with Gasteiger partial charge in [0.05, 0.1) is 23.6 Å². The molecule has 1 atom stereocenters. The van der Waals surface area contributed by atoms with E-state index in [4.69, 9.17) is 9.15 Å². The van der Waals surface area contributed by atoms with Crippen molar-refractivity contribution in [2.75, 3.05) is 6.61 Å². The Hall–Kier alpha value is -3.93. The summed E-state index contributed by atoms with van der Waals surface area (Å²) in [7, 11) is 0. The molecule has 6 heteroatoms. The zero-order valence-electron chi connectivity index (χ0n) is 20.6. The maximum absolute atomic E-state index is 13.9. The number of amides is 1. The molecule has 0 spiro atoms. The molecule has 0 saturated carbocycles. The minimum absolute atomic E-state index is 0.0573. The fraction of sp³-hybridized carbons (Fsp3) is 0.267. The summed E-state index contributed by atoms with van der Waals surface area (Å²) >= 11 is 0. The van der Waals surface area contributed by atoms with E-state index in [1.165, 1.54) is 12.1 Å². The van der Waals surface area contributed by atoms with E-state index in [9.17, 15) is 14.0 Å². The first-order valence-corrected chi connectivity index (χ1v) is 12.2. The van der Waals surface area contributed by atoms with Gasteiger partial charge in [-0.2, -0.15) is 0 Å². The molecule has 1 unspecified atom stereocenters. The molecular formula is C30H28FNO4. The Labute approximate surface area is 209 Å². The van der Waals surface area contributed by atoms with Gasteiger partial charge in [0.1, 0.15) is 17.1 Å². The Morgan fingerprint density at radius 3 is 2.56 bits per heavy atom. The standard InChI is InChI=1S/C30H28FNO4/c1-4-5-13-35-23-8-6-7-21(16-23)27-26-28(33)25-19(3)14-18(2)15-24(25)36-29(26)30(34)32(27)17-20-9-11-22(31)12-10-20/h6-12,14-16,27H,4-5,13,17H2,1-3H3. The minimum Gasteiger partial charge on any atom is -0.494 e. The maximum atomic E-state index is 13.9. The van der Waals surface area contributed by atoms with Crippen molar-refractivity contribution in [3.8, 4) is 5.75 Å². The molecular weight excluding hydrogens is 457 g/mol. The summed E-state index contributed by atoms with van der Waals surface area (Å²) in [6.07, 6.45) is 1.95. The number of unbranched alkanes of at least 4 members (excludes halogenated alkanes) is 1. The van der Waals surface area contributed by atoms with E-state index >= 15 is 0 Å². The first-order valence-electron chi connectivity index (χ1n) is 12.2. The van der Waals surface area contributed by atoms with E-state index in [0.717, 1.165) is 35.1 Å². The smallest absolute Gasteiger partial charge is 0.291 e. The molecule has 0 N–H and O–H groups in total. The second kappa shape index (κ2) is 9.61. The van der Waals surface area contributed by atoms with Crippen molar-refractivity contribution in [3.63, 3.8) is 0 Å². The van der Waals surface area contributed by atoms with Crippen LogP contribution in [0.25, 0.3) is 11.0 Å². The summed E-state index contributed by atoms with van der Waals surface area (Å²) in [5.41, 5.74) is 3.79. The van der Waals surface area contributed by atoms with Crippen molar-refractivity contribution in [3.05, 3.63) is 110 Å². The number of benzene rings is 3. The number of halogens is 1. The molecule has 0 fully saturated rings. The molecule has 1 aliphatic rings. The number of ether oxygens (including phenoxy) is 1. The van der Waals surface area contributed by atoms with Crippen LogP contribution in [0.3, 0.4) is 0 Å². The van der Waals surface area contributed by atoms with Crippen molar-refractivity contribution in [1.29, 1.82) is 0 Å². The van der Waals surface area contributed by atoms with E-state index < -0.39 is 6.04 Å². The number of fused-ring (bicyclic) bond motifs is 2. The number of carbonyl (C=O) groups is 1. The number of nitrogens with zero attached hydrogens (tertiary/aromatic N) is 1. The van der Waals surface area contributed by atoms with Crippen molar-refractivity contribution in [2.45, 2.75) is 46.2 Å². The molecule has 1 aliphatic heterocycles. The van der Waals surface area contributed by atoms with E-state index in [1.807, 2.05) is 44.2 Å². The van der Waals surface area contributed by atoms with Crippen LogP contribution in [0, 0.1) is 19.7 Å². The van der Waals surface area contributed by atoms with Gasteiger partial charge in [-0.15, -0.1) is 0 Å². The maximum Gasteiger partial charge on any atom is 0.291 e. The number of aryl methyl sites for hydroxylation is 2. The largest absolute Gasteiger partial charge is 0.494 e. The lowest BCUT2D eigenvalue weighted by Gasteiger charge is -2.25. The van der Waals surface area contributed by atoms with Gasteiger partial charge in [0, 0.05) is 6.54 Å². The second-order valence-corrected chi connectivity index (χ2v) is 9.37. The van der Waals surface area contributed by atoms with Gasteiger partial charge in [0.2, 0.25) is 5.76 Å². The van der Waals surface area contributed by atoms with Crippen LogP contribution in [-0.4, -0.2) is 17.4 Å². The highest BCUT2D eigenvalue weighted by Gasteiger charge is 2.43. The second-order valence-electron chi connectivity index (χ2n) is 9.37. The molecule has 36 heavy (non-hydrogen) atoms.